The zero-order chi connectivity index (χ0) is 21.9. The number of hydrogen-bond donors (Lipinski definition) is 2. The Kier molecular flexibility index (Phi) is 8.22. The molecule has 0 saturated heterocycles. The molecule has 1 aromatic carbocycles. The molecule has 3 rings (SSSR count). The van der Waals surface area contributed by atoms with Crippen LogP contribution in [0.25, 0.3) is 11.6 Å². The first-order valence-electron chi connectivity index (χ1n) is 10.4. The van der Waals surface area contributed by atoms with Crippen molar-refractivity contribution in [1.29, 1.82) is 0 Å². The van der Waals surface area contributed by atoms with Crippen LogP contribution in [0.4, 0.5) is 5.82 Å². The van der Waals surface area contributed by atoms with E-state index in [1.165, 1.54) is 7.11 Å². The van der Waals surface area contributed by atoms with Gasteiger partial charge in [0, 0.05) is 31.7 Å². The summed E-state index contributed by atoms with van der Waals surface area (Å²) < 4.78 is 4.83. The summed E-state index contributed by atoms with van der Waals surface area (Å²) in [6, 6.07) is 13.6. The minimum Gasteiger partial charge on any atom is -0.469 e. The lowest BCUT2D eigenvalue weighted by molar-refractivity contribution is -0.139. The first kappa shape index (κ1) is 22.1. The number of amides is 1. The maximum Gasteiger partial charge on any atom is 0.310 e. The normalized spacial score (nSPS) is 12.4. The fraction of sp³-hybridized carbons (Fsp3) is 0.292. The van der Waals surface area contributed by atoms with Crippen molar-refractivity contribution in [2.75, 3.05) is 32.1 Å². The number of methoxy groups -OCH3 is 1. The topological polar surface area (TPSA) is 83.6 Å². The van der Waals surface area contributed by atoms with E-state index in [9.17, 15) is 9.59 Å². The number of pyridine rings is 1. The quantitative estimate of drug-likeness (QED) is 0.453. The molecule has 7 nitrogen and oxygen atoms in total. The number of fused-ring (bicyclic) bond motifs is 1. The van der Waals surface area contributed by atoms with Crippen molar-refractivity contribution >= 4 is 29.3 Å². The average Bonchev–Trinajstić information content (AvgIpc) is 2.96. The Balaban J connectivity index is 1.47. The lowest BCUT2D eigenvalue weighted by Crippen LogP contribution is -2.33. The summed E-state index contributed by atoms with van der Waals surface area (Å²) in [5.41, 5.74) is 2.79. The van der Waals surface area contributed by atoms with Crippen molar-refractivity contribution < 1.29 is 14.3 Å². The van der Waals surface area contributed by atoms with Crippen molar-refractivity contribution in [2.24, 2.45) is 0 Å². The molecule has 0 radical (unpaired) electrons. The van der Waals surface area contributed by atoms with Gasteiger partial charge in [0.15, 0.2) is 0 Å². The molecule has 162 valence electrons. The van der Waals surface area contributed by atoms with Gasteiger partial charge in [0.2, 0.25) is 5.91 Å². The van der Waals surface area contributed by atoms with E-state index in [-0.39, 0.29) is 24.8 Å². The number of carbonyl (C=O) groups is 2. The average molecular weight is 421 g/mol. The zero-order valence-corrected chi connectivity index (χ0v) is 17.7. The van der Waals surface area contributed by atoms with Gasteiger partial charge in [-0.15, -0.1) is 0 Å². The maximum absolute atomic E-state index is 12.4. The number of rotatable bonds is 10. The van der Waals surface area contributed by atoms with E-state index in [1.54, 1.807) is 11.1 Å². The van der Waals surface area contributed by atoms with Gasteiger partial charge in [-0.3, -0.25) is 9.59 Å². The van der Waals surface area contributed by atoms with Gasteiger partial charge < -0.3 is 20.3 Å². The van der Waals surface area contributed by atoms with E-state index in [0.29, 0.717) is 6.54 Å². The molecule has 7 heteroatoms. The second-order valence-corrected chi connectivity index (χ2v) is 7.18. The van der Waals surface area contributed by atoms with Crippen molar-refractivity contribution in [1.82, 2.24) is 15.2 Å². The monoisotopic (exact) mass is 420 g/mol. The third kappa shape index (κ3) is 6.99. The molecular formula is C24H28N4O3. The van der Waals surface area contributed by atoms with Crippen molar-refractivity contribution in [3.63, 3.8) is 0 Å². The predicted octanol–water partition coefficient (Wildman–Crippen LogP) is 3.28. The zero-order valence-electron chi connectivity index (χ0n) is 17.7. The molecule has 1 amide bonds. The molecule has 2 heterocycles. The Labute approximate surface area is 182 Å². The van der Waals surface area contributed by atoms with Crippen LogP contribution < -0.4 is 10.6 Å². The highest BCUT2D eigenvalue weighted by Crippen LogP contribution is 2.27. The van der Waals surface area contributed by atoms with Crippen LogP contribution in [0, 0.1) is 0 Å². The molecule has 0 unspecified atom stereocenters. The molecule has 0 aliphatic carbocycles. The van der Waals surface area contributed by atoms with Crippen LogP contribution in [0.2, 0.25) is 0 Å². The molecule has 2 N–H and O–H groups in total. The van der Waals surface area contributed by atoms with E-state index < -0.39 is 0 Å². The number of aromatic nitrogens is 1. The minimum atomic E-state index is -0.313. The summed E-state index contributed by atoms with van der Waals surface area (Å²) in [5.74, 6) is 0.476. The van der Waals surface area contributed by atoms with E-state index >= 15 is 0 Å². The Morgan fingerprint density at radius 2 is 1.87 bits per heavy atom. The number of esters is 1. The molecule has 0 atom stereocenters. The SMILES string of the molecule is COC(=O)CC1=CN(CC(=O)NCCCCNc2ccccn2)C=Cc2ccccc21. The number of nitrogens with one attached hydrogen (secondary N) is 2. The van der Waals surface area contributed by atoms with Crippen LogP contribution in [-0.2, 0) is 14.3 Å². The molecule has 1 aromatic heterocycles. The molecule has 1 aliphatic rings. The van der Waals surface area contributed by atoms with Gasteiger partial charge in [0.25, 0.3) is 0 Å². The predicted molar refractivity (Wildman–Crippen MR) is 122 cm³/mol. The molecule has 0 spiro atoms. The highest BCUT2D eigenvalue weighted by atomic mass is 16.5. The first-order chi connectivity index (χ1) is 15.2. The van der Waals surface area contributed by atoms with Crippen molar-refractivity contribution in [3.8, 4) is 0 Å². The summed E-state index contributed by atoms with van der Waals surface area (Å²) in [5, 5.41) is 6.21. The number of carbonyl (C=O) groups excluding carboxylic acids is 2. The number of nitrogens with zero attached hydrogens (tertiary/aromatic N) is 2. The Bertz CT molecular complexity index is 941. The number of anilines is 1. The van der Waals surface area contributed by atoms with Gasteiger partial charge in [-0.25, -0.2) is 4.98 Å². The molecular weight excluding hydrogens is 392 g/mol. The Hall–Kier alpha value is -3.61. The van der Waals surface area contributed by atoms with Gasteiger partial charge in [-0.05, 0) is 47.8 Å². The molecule has 1 aliphatic heterocycles. The Morgan fingerprint density at radius 3 is 2.68 bits per heavy atom. The summed E-state index contributed by atoms with van der Waals surface area (Å²) in [4.78, 5) is 30.3. The van der Waals surface area contributed by atoms with Crippen LogP contribution in [-0.4, -0.2) is 48.5 Å². The maximum atomic E-state index is 12.4. The largest absolute Gasteiger partial charge is 0.469 e. The smallest absolute Gasteiger partial charge is 0.310 e. The molecule has 2 aromatic rings. The second kappa shape index (κ2) is 11.5. The minimum absolute atomic E-state index is 0.0676. The third-order valence-electron chi connectivity index (χ3n) is 4.86. The lowest BCUT2D eigenvalue weighted by Gasteiger charge is -2.16. The lowest BCUT2D eigenvalue weighted by atomic mass is 9.98. The van der Waals surface area contributed by atoms with Gasteiger partial charge in [0.1, 0.15) is 12.4 Å². The van der Waals surface area contributed by atoms with E-state index in [2.05, 4.69) is 15.6 Å². The number of benzene rings is 1. The molecule has 31 heavy (non-hydrogen) atoms. The van der Waals surface area contributed by atoms with Crippen LogP contribution in [0.15, 0.2) is 61.1 Å². The van der Waals surface area contributed by atoms with Crippen LogP contribution in [0.3, 0.4) is 0 Å². The fourth-order valence-electron chi connectivity index (χ4n) is 3.27. The van der Waals surface area contributed by atoms with Gasteiger partial charge in [-0.1, -0.05) is 30.3 Å². The van der Waals surface area contributed by atoms with E-state index in [1.807, 2.05) is 60.9 Å². The van der Waals surface area contributed by atoms with Crippen LogP contribution in [0.5, 0.6) is 0 Å². The van der Waals surface area contributed by atoms with Gasteiger partial charge in [-0.2, -0.15) is 0 Å². The fourth-order valence-corrected chi connectivity index (χ4v) is 3.27. The Morgan fingerprint density at radius 1 is 1.06 bits per heavy atom. The standard InChI is InChI=1S/C24H28N4O3/c1-31-24(30)16-20-17-28(15-11-19-8-2-3-9-21(19)20)18-23(29)27-14-7-6-13-26-22-10-4-5-12-25-22/h2-5,8-12,15,17H,6-7,13-14,16,18H2,1H3,(H,25,26)(H,27,29). The second-order valence-electron chi connectivity index (χ2n) is 7.18. The summed E-state index contributed by atoms with van der Waals surface area (Å²) in [6.45, 7) is 1.60. The summed E-state index contributed by atoms with van der Waals surface area (Å²) in [6.07, 6.45) is 9.36. The molecule has 0 bridgehead atoms. The highest BCUT2D eigenvalue weighted by molar-refractivity contribution is 5.88. The molecule has 0 saturated carbocycles. The van der Waals surface area contributed by atoms with E-state index in [0.717, 1.165) is 41.9 Å². The molecule has 0 fully saturated rings. The summed E-state index contributed by atoms with van der Waals surface area (Å²) in [7, 11) is 1.38. The number of unbranched alkanes of at least 4 members (excludes halogenated alkanes) is 1. The van der Waals surface area contributed by atoms with Crippen molar-refractivity contribution in [3.05, 3.63) is 72.2 Å². The number of hydrogen-bond acceptors (Lipinski definition) is 6. The van der Waals surface area contributed by atoms with Gasteiger partial charge in [0.05, 0.1) is 13.5 Å². The van der Waals surface area contributed by atoms with Crippen LogP contribution >= 0.6 is 0 Å². The van der Waals surface area contributed by atoms with E-state index in [4.69, 9.17) is 4.74 Å². The highest BCUT2D eigenvalue weighted by Gasteiger charge is 2.16. The third-order valence-corrected chi connectivity index (χ3v) is 4.86. The van der Waals surface area contributed by atoms with Crippen molar-refractivity contribution in [2.45, 2.75) is 19.3 Å². The number of ether oxygens (including phenoxy) is 1. The van der Waals surface area contributed by atoms with Crippen LogP contribution in [0.1, 0.15) is 30.4 Å². The first-order valence-corrected chi connectivity index (χ1v) is 10.4. The summed E-state index contributed by atoms with van der Waals surface area (Å²) >= 11 is 0. The van der Waals surface area contributed by atoms with Gasteiger partial charge >= 0.3 is 5.97 Å².